The van der Waals surface area contributed by atoms with E-state index in [-0.39, 0.29) is 12.5 Å². The summed E-state index contributed by atoms with van der Waals surface area (Å²) in [4.78, 5) is 0. The number of alkyl halides is 7. The molecule has 0 aliphatic carbocycles. The fourth-order valence-electron chi connectivity index (χ4n) is 1.09. The van der Waals surface area contributed by atoms with Crippen molar-refractivity contribution >= 4 is 18.7 Å². The summed E-state index contributed by atoms with van der Waals surface area (Å²) in [6, 6.07) is 0. The van der Waals surface area contributed by atoms with Crippen molar-refractivity contribution in [2.75, 3.05) is 31.2 Å². The number of halogens is 7. The molecule has 0 saturated carbocycles. The minimum Gasteiger partial charge on any atom is -0.373 e. The third kappa shape index (κ3) is 9.73. The van der Waals surface area contributed by atoms with Gasteiger partial charge in [-0.2, -0.15) is 26.3 Å². The van der Waals surface area contributed by atoms with Gasteiger partial charge in [-0.1, -0.05) is 0 Å². The van der Waals surface area contributed by atoms with Gasteiger partial charge in [-0.05, 0) is 0 Å². The van der Waals surface area contributed by atoms with Crippen LogP contribution in [0.4, 0.5) is 26.3 Å². The molecule has 0 aliphatic heterocycles. The molecule has 0 atom stereocenters. The molecule has 0 heterocycles. The summed E-state index contributed by atoms with van der Waals surface area (Å²) in [5.74, 6) is -0.0992. The number of rotatable bonds is 6. The van der Waals surface area contributed by atoms with Crippen molar-refractivity contribution in [3.05, 3.63) is 0 Å². The van der Waals surface area contributed by atoms with Crippen molar-refractivity contribution < 1.29 is 35.6 Å². The zero-order chi connectivity index (χ0) is 13.7. The smallest absolute Gasteiger partial charge is 0.373 e. The van der Waals surface area contributed by atoms with Crippen molar-refractivity contribution in [3.8, 4) is 0 Å². The molecule has 0 radical (unpaired) electrons. The molecule has 0 bridgehead atoms. The Morgan fingerprint density at radius 2 is 1.41 bits per heavy atom. The molecule has 0 N–H and O–H groups in total. The summed E-state index contributed by atoms with van der Waals surface area (Å²) in [5.41, 5.74) is 0. The third-order valence-electron chi connectivity index (χ3n) is 1.48. The van der Waals surface area contributed by atoms with Gasteiger partial charge < -0.3 is 9.30 Å². The average molecular weight is 307 g/mol. The Bertz CT molecular complexity index is 257. The molecule has 104 valence electrons. The van der Waals surface area contributed by atoms with Gasteiger partial charge >= 0.3 is 12.4 Å². The van der Waals surface area contributed by atoms with Gasteiger partial charge in [0.05, 0.1) is 18.9 Å². The number of hydrogen-bond donors (Lipinski definition) is 0. The van der Waals surface area contributed by atoms with Gasteiger partial charge in [0.25, 0.3) is 0 Å². The fraction of sp³-hybridized carbons (Fsp3) is 1.00. The van der Waals surface area contributed by atoms with E-state index in [0.717, 1.165) is 0 Å². The summed E-state index contributed by atoms with van der Waals surface area (Å²) in [5, 5.41) is 0. The van der Waals surface area contributed by atoms with Crippen molar-refractivity contribution in [1.29, 1.82) is 0 Å². The molecular weight excluding hydrogens is 296 g/mol. The molecule has 2 nitrogen and oxygen atoms in total. The molecule has 17 heavy (non-hydrogen) atoms. The number of hydrogen-bond acceptors (Lipinski definition) is 2. The zero-order valence-electron chi connectivity index (χ0n) is 8.44. The van der Waals surface area contributed by atoms with E-state index in [0.29, 0.717) is 0 Å². The van der Waals surface area contributed by atoms with Gasteiger partial charge in [0.2, 0.25) is 0 Å². The Morgan fingerprint density at radius 3 is 1.71 bits per heavy atom. The average Bonchev–Trinajstić information content (AvgIpc) is 1.96. The van der Waals surface area contributed by atoms with Crippen LogP contribution in [0.2, 0.25) is 0 Å². The van der Waals surface area contributed by atoms with Crippen molar-refractivity contribution in [1.82, 2.24) is 0 Å². The normalized spacial score (nSPS) is 14.1. The van der Waals surface area contributed by atoms with E-state index in [2.05, 4.69) is 4.74 Å². The summed E-state index contributed by atoms with van der Waals surface area (Å²) >= 11 is 5.14. The van der Waals surface area contributed by atoms with Gasteiger partial charge in [0, 0.05) is 5.88 Å². The molecule has 0 aromatic rings. The molecule has 10 heteroatoms. The molecule has 0 aliphatic rings. The van der Waals surface area contributed by atoms with Crippen molar-refractivity contribution in [2.24, 2.45) is 0 Å². The van der Waals surface area contributed by atoms with E-state index < -0.39 is 38.2 Å². The fourth-order valence-corrected chi connectivity index (χ4v) is 3.26. The van der Waals surface area contributed by atoms with E-state index in [9.17, 15) is 30.9 Å². The molecule has 0 aromatic carbocycles. The molecule has 0 aromatic heterocycles. The summed E-state index contributed by atoms with van der Waals surface area (Å²) in [7, 11) is -4.52. The van der Waals surface area contributed by atoms with Crippen LogP contribution in [0.15, 0.2) is 0 Å². The lowest BCUT2D eigenvalue weighted by Crippen LogP contribution is -2.24. The van der Waals surface area contributed by atoms with E-state index in [1.165, 1.54) is 0 Å². The Morgan fingerprint density at radius 1 is 1.00 bits per heavy atom. The molecule has 0 fully saturated rings. The van der Waals surface area contributed by atoms with Crippen LogP contribution in [0.25, 0.3) is 0 Å². The zero-order valence-corrected chi connectivity index (χ0v) is 10.1. The number of ether oxygens (including phenoxy) is 1. The molecule has 0 unspecified atom stereocenters. The van der Waals surface area contributed by atoms with Crippen molar-refractivity contribution in [2.45, 2.75) is 12.4 Å². The Kier molecular flexibility index (Phi) is 6.31. The maximum Gasteiger partial charge on any atom is 0.395 e. The lowest BCUT2D eigenvalue weighted by Gasteiger charge is -2.20. The standard InChI is InChI=1S/C7H10ClF6O2P/c8-1-2-16-5-17(15,3-6(9,10)11)4-7(12,13)14/h1-5H2. The monoisotopic (exact) mass is 306 g/mol. The van der Waals surface area contributed by atoms with Crippen LogP contribution in [-0.4, -0.2) is 43.5 Å². The van der Waals surface area contributed by atoms with E-state index in [4.69, 9.17) is 11.6 Å². The first-order chi connectivity index (χ1) is 7.47. The quantitative estimate of drug-likeness (QED) is 0.324. The largest absolute Gasteiger partial charge is 0.395 e. The predicted molar refractivity (Wildman–Crippen MR) is 51.0 cm³/mol. The predicted octanol–water partition coefficient (Wildman–Crippen LogP) is 3.69. The molecule has 0 spiro atoms. The highest BCUT2D eigenvalue weighted by Gasteiger charge is 2.45. The van der Waals surface area contributed by atoms with Crippen LogP contribution in [0.5, 0.6) is 0 Å². The molecule has 0 amide bonds. The summed E-state index contributed by atoms with van der Waals surface area (Å²) in [6.45, 7) is -0.249. The topological polar surface area (TPSA) is 26.3 Å². The Balaban J connectivity index is 4.64. The van der Waals surface area contributed by atoms with Crippen LogP contribution in [0, 0.1) is 0 Å². The van der Waals surface area contributed by atoms with Crippen LogP contribution in [0.3, 0.4) is 0 Å². The highest BCUT2D eigenvalue weighted by Crippen LogP contribution is 2.53. The van der Waals surface area contributed by atoms with E-state index in [1.54, 1.807) is 0 Å². The van der Waals surface area contributed by atoms with Crippen LogP contribution in [0.1, 0.15) is 0 Å². The Labute approximate surface area is 98.6 Å². The van der Waals surface area contributed by atoms with E-state index >= 15 is 0 Å². The first kappa shape index (κ1) is 17.1. The SMILES string of the molecule is O=P(COCCCl)(CC(F)(F)F)CC(F)(F)F. The van der Waals surface area contributed by atoms with Gasteiger partial charge in [0.15, 0.2) is 0 Å². The lowest BCUT2D eigenvalue weighted by atomic mass is 10.8. The second-order valence-corrected chi connectivity index (χ2v) is 6.72. The van der Waals surface area contributed by atoms with Crippen LogP contribution < -0.4 is 0 Å². The lowest BCUT2D eigenvalue weighted by molar-refractivity contribution is -0.113. The van der Waals surface area contributed by atoms with Gasteiger partial charge in [-0.15, -0.1) is 11.6 Å². The summed E-state index contributed by atoms with van der Waals surface area (Å²) < 4.78 is 88.0. The maximum absolute atomic E-state index is 12.0. The van der Waals surface area contributed by atoms with Gasteiger partial charge in [-0.3, -0.25) is 0 Å². The minimum absolute atomic E-state index is 0.0992. The van der Waals surface area contributed by atoms with Crippen molar-refractivity contribution in [3.63, 3.8) is 0 Å². The first-order valence-electron chi connectivity index (χ1n) is 4.32. The van der Waals surface area contributed by atoms with E-state index in [1.807, 2.05) is 0 Å². The maximum atomic E-state index is 12.0. The summed E-state index contributed by atoms with van der Waals surface area (Å²) in [6.07, 6.45) is -14.9. The molecule has 0 rings (SSSR count). The molecular formula is C7H10ClF6O2P. The van der Waals surface area contributed by atoms with Gasteiger partial charge in [-0.25, -0.2) is 0 Å². The van der Waals surface area contributed by atoms with Gasteiger partial charge in [0.1, 0.15) is 13.5 Å². The molecule has 0 saturated heterocycles. The second kappa shape index (κ2) is 6.29. The van der Waals surface area contributed by atoms with Crippen LogP contribution >= 0.6 is 18.7 Å². The highest BCUT2D eigenvalue weighted by molar-refractivity contribution is 7.63. The second-order valence-electron chi connectivity index (χ2n) is 3.33. The third-order valence-corrected chi connectivity index (χ3v) is 4.16. The minimum atomic E-state index is -4.93. The van der Waals surface area contributed by atoms with Crippen LogP contribution in [-0.2, 0) is 9.30 Å². The first-order valence-corrected chi connectivity index (χ1v) is 7.11. The highest BCUT2D eigenvalue weighted by atomic mass is 35.5. The Hall–Kier alpha value is 0.0600.